The molecule has 0 unspecified atom stereocenters. The van der Waals surface area contributed by atoms with Crippen molar-refractivity contribution in [2.75, 3.05) is 17.7 Å². The van der Waals surface area contributed by atoms with E-state index in [9.17, 15) is 57.0 Å². The van der Waals surface area contributed by atoms with Gasteiger partial charge >= 0.3 is 0 Å². The molecular formula is C24H18ClN7O13S4. The Kier molecular flexibility index (Phi) is 8.98. The van der Waals surface area contributed by atoms with Crippen LogP contribution in [0.2, 0.25) is 5.28 Å². The summed E-state index contributed by atoms with van der Waals surface area (Å²) in [5.41, 5.74) is -2.26. The molecule has 25 heteroatoms. The number of anilines is 3. The second-order valence-corrected chi connectivity index (χ2v) is 15.4. The maximum absolute atomic E-state index is 12.6. The molecule has 0 aliphatic rings. The highest BCUT2D eigenvalue weighted by atomic mass is 35.5. The molecule has 0 spiro atoms. The largest absolute Gasteiger partial charge is 0.505 e. The molecule has 0 amide bonds. The van der Waals surface area contributed by atoms with E-state index in [1.807, 2.05) is 0 Å². The van der Waals surface area contributed by atoms with Gasteiger partial charge in [0.15, 0.2) is 5.75 Å². The van der Waals surface area contributed by atoms with Crippen molar-refractivity contribution in [3.63, 3.8) is 0 Å². The van der Waals surface area contributed by atoms with Crippen LogP contribution in [0.5, 0.6) is 5.75 Å². The highest BCUT2D eigenvalue weighted by Gasteiger charge is 2.29. The number of fused-ring (bicyclic) bond motifs is 2. The van der Waals surface area contributed by atoms with Gasteiger partial charge in [0.2, 0.25) is 17.2 Å². The highest BCUT2D eigenvalue weighted by molar-refractivity contribution is 7.87. The third-order valence-electron chi connectivity index (χ3n) is 6.54. The molecule has 0 saturated heterocycles. The van der Waals surface area contributed by atoms with Crippen molar-refractivity contribution in [3.8, 4) is 5.75 Å². The van der Waals surface area contributed by atoms with Crippen LogP contribution in [0.3, 0.4) is 0 Å². The van der Waals surface area contributed by atoms with Gasteiger partial charge in [-0.2, -0.15) is 48.6 Å². The van der Waals surface area contributed by atoms with Crippen molar-refractivity contribution < 1.29 is 57.0 Å². The van der Waals surface area contributed by atoms with Crippen molar-refractivity contribution in [2.45, 2.75) is 19.6 Å². The lowest BCUT2D eigenvalue weighted by molar-refractivity contribution is 0.471. The van der Waals surface area contributed by atoms with Crippen molar-refractivity contribution >= 4 is 103 Å². The van der Waals surface area contributed by atoms with E-state index in [4.69, 9.17) is 11.6 Å². The quantitative estimate of drug-likeness (QED) is 0.0828. The van der Waals surface area contributed by atoms with Crippen molar-refractivity contribution in [2.24, 2.45) is 10.2 Å². The zero-order valence-electron chi connectivity index (χ0n) is 23.9. The summed E-state index contributed by atoms with van der Waals surface area (Å²) >= 11 is 5.85. The molecule has 0 aliphatic heterocycles. The van der Waals surface area contributed by atoms with Gasteiger partial charge in [-0.25, -0.2) is 0 Å². The third kappa shape index (κ3) is 7.07. The van der Waals surface area contributed by atoms with Crippen LogP contribution < -0.4 is 10.6 Å². The minimum Gasteiger partial charge on any atom is -0.505 e. The van der Waals surface area contributed by atoms with Crippen LogP contribution in [0.15, 0.2) is 78.3 Å². The molecule has 5 rings (SSSR count). The predicted octanol–water partition coefficient (Wildman–Crippen LogP) is 3.72. The minimum absolute atomic E-state index is 0.0551. The van der Waals surface area contributed by atoms with Gasteiger partial charge in [0.05, 0.1) is 5.69 Å². The second-order valence-electron chi connectivity index (χ2n) is 9.60. The molecule has 20 nitrogen and oxygen atoms in total. The molecule has 0 fully saturated rings. The fourth-order valence-corrected chi connectivity index (χ4v) is 7.86. The van der Waals surface area contributed by atoms with Crippen LogP contribution in [-0.2, 0) is 40.5 Å². The van der Waals surface area contributed by atoms with E-state index in [0.717, 1.165) is 42.5 Å². The Morgan fingerprint density at radius 1 is 0.653 bits per heavy atom. The lowest BCUT2D eigenvalue weighted by Crippen LogP contribution is -2.08. The molecule has 1 heterocycles. The predicted molar refractivity (Wildman–Crippen MR) is 171 cm³/mol. The van der Waals surface area contributed by atoms with Crippen LogP contribution in [0.1, 0.15) is 0 Å². The first-order valence-corrected chi connectivity index (χ1v) is 18.8. The van der Waals surface area contributed by atoms with Crippen LogP contribution >= 0.6 is 11.6 Å². The number of halogens is 1. The van der Waals surface area contributed by atoms with E-state index in [2.05, 4.69) is 35.8 Å². The fraction of sp³-hybridized carbons (Fsp3) is 0.0417. The summed E-state index contributed by atoms with van der Waals surface area (Å²) < 4.78 is 138. The third-order valence-corrected chi connectivity index (χ3v) is 10.4. The van der Waals surface area contributed by atoms with Crippen LogP contribution in [0, 0.1) is 0 Å². The molecule has 1 aromatic heterocycles. The number of phenols is 1. The van der Waals surface area contributed by atoms with Gasteiger partial charge < -0.3 is 15.7 Å². The topological polar surface area (TPSA) is 325 Å². The monoisotopic (exact) mass is 775 g/mol. The van der Waals surface area contributed by atoms with Crippen LogP contribution in [-0.4, -0.2) is 79.0 Å². The minimum atomic E-state index is -5.43. The second kappa shape index (κ2) is 12.3. The lowest BCUT2D eigenvalue weighted by atomic mass is 10.1. The summed E-state index contributed by atoms with van der Waals surface area (Å²) in [6, 6.07) is 7.39. The van der Waals surface area contributed by atoms with E-state index in [0.29, 0.717) is 6.07 Å². The molecular weight excluding hydrogens is 758 g/mol. The smallest absolute Gasteiger partial charge is 0.297 e. The maximum atomic E-state index is 12.6. The molecule has 5 aromatic rings. The Hall–Kier alpha value is -4.66. The molecule has 7 N–H and O–H groups in total. The van der Waals surface area contributed by atoms with Crippen LogP contribution in [0.4, 0.5) is 29.0 Å². The van der Waals surface area contributed by atoms with Crippen LogP contribution in [0.25, 0.3) is 21.5 Å². The molecule has 0 aliphatic carbocycles. The number of nitrogens with zero attached hydrogens (tertiary/aromatic N) is 5. The Morgan fingerprint density at radius 2 is 1.27 bits per heavy atom. The average molecular weight is 776 g/mol. The van der Waals surface area contributed by atoms with E-state index < -0.39 is 99.0 Å². The van der Waals surface area contributed by atoms with Gasteiger partial charge in [0.1, 0.15) is 31.0 Å². The van der Waals surface area contributed by atoms with Gasteiger partial charge in [-0.1, -0.05) is 18.2 Å². The van der Waals surface area contributed by atoms with Crippen molar-refractivity contribution in [3.05, 3.63) is 53.8 Å². The molecule has 4 aromatic carbocycles. The summed E-state index contributed by atoms with van der Waals surface area (Å²) in [4.78, 5) is 7.38. The number of aromatic hydroxyl groups is 1. The Balaban J connectivity index is 1.78. The molecule has 258 valence electrons. The SMILES string of the molecule is CNc1nc(Cl)nc(Nc2ccc3c(O)c(N=Nc4ccc5c(S(=O)(=O)O)cccc5c4S(=O)(=O)O)c(S(=O)(=O)O)cc3c2S(=O)(=O)O)n1. The normalized spacial score (nSPS) is 12.9. The Bertz CT molecular complexity index is 2710. The van der Waals surface area contributed by atoms with Gasteiger partial charge in [-0.3, -0.25) is 18.2 Å². The number of phenolic OH excluding ortho intramolecular Hbond substituents is 1. The van der Waals surface area contributed by atoms with Gasteiger partial charge in [0, 0.05) is 28.6 Å². The lowest BCUT2D eigenvalue weighted by Gasteiger charge is -2.15. The van der Waals surface area contributed by atoms with E-state index in [1.165, 1.54) is 7.05 Å². The number of hydrogen-bond acceptors (Lipinski definition) is 16. The van der Waals surface area contributed by atoms with Crippen molar-refractivity contribution in [1.82, 2.24) is 15.0 Å². The number of azo groups is 1. The number of aromatic nitrogens is 3. The van der Waals surface area contributed by atoms with Gasteiger partial charge in [-0.05, 0) is 41.9 Å². The molecule has 49 heavy (non-hydrogen) atoms. The first kappa shape index (κ1) is 35.6. The van der Waals surface area contributed by atoms with Crippen molar-refractivity contribution in [1.29, 1.82) is 0 Å². The highest BCUT2D eigenvalue weighted by Crippen LogP contribution is 2.45. The number of nitrogens with one attached hydrogen (secondary N) is 2. The number of hydrogen-bond donors (Lipinski definition) is 7. The first-order valence-electron chi connectivity index (χ1n) is 12.7. The standard InChI is InChI=1S/C24H18ClN7O13S4/c1-26-23-28-22(25)29-24(30-23)27-14-7-6-11-13(21(14)49(43,44)45)9-17(47(37,38)39)18(19(11)33)32-31-15-8-5-10-12(20(15)48(40,41)42)3-2-4-16(10)46(34,35)36/h2-9,33H,1H3,(H,34,35,36)(H,37,38,39)(H,40,41,42)(H,43,44,45)(H2,26,27,28,29,30). The first-order chi connectivity index (χ1) is 22.6. The average Bonchev–Trinajstić information content (AvgIpc) is 2.97. The van der Waals surface area contributed by atoms with E-state index in [-0.39, 0.29) is 22.6 Å². The Morgan fingerprint density at radius 3 is 1.86 bits per heavy atom. The summed E-state index contributed by atoms with van der Waals surface area (Å²) in [6.07, 6.45) is 0. The summed E-state index contributed by atoms with van der Waals surface area (Å²) in [6.45, 7) is 0. The van der Waals surface area contributed by atoms with E-state index >= 15 is 0 Å². The molecule has 0 bridgehead atoms. The van der Waals surface area contributed by atoms with Gasteiger partial charge in [-0.15, -0.1) is 10.2 Å². The van der Waals surface area contributed by atoms with Gasteiger partial charge in [0.25, 0.3) is 40.5 Å². The molecule has 0 radical (unpaired) electrons. The number of benzene rings is 4. The molecule has 0 atom stereocenters. The summed E-state index contributed by atoms with van der Waals surface area (Å²) in [5.74, 6) is -1.54. The Labute approximate surface area is 280 Å². The molecule has 0 saturated carbocycles. The van der Waals surface area contributed by atoms with E-state index in [1.54, 1.807) is 0 Å². The number of rotatable bonds is 9. The fourth-order valence-electron chi connectivity index (χ4n) is 4.67. The summed E-state index contributed by atoms with van der Waals surface area (Å²) in [5, 5.41) is 21.0. The zero-order chi connectivity index (χ0) is 36.3. The maximum Gasteiger partial charge on any atom is 0.297 e. The summed E-state index contributed by atoms with van der Waals surface area (Å²) in [7, 11) is -19.4. The zero-order valence-corrected chi connectivity index (χ0v) is 27.9.